The van der Waals surface area contributed by atoms with Crippen LogP contribution in [0.15, 0.2) is 12.5 Å². The molecule has 1 heterocycles. The van der Waals surface area contributed by atoms with Crippen LogP contribution in [0.2, 0.25) is 0 Å². The molecule has 0 fully saturated rings. The van der Waals surface area contributed by atoms with Crippen LogP contribution in [-0.2, 0) is 0 Å². The van der Waals surface area contributed by atoms with E-state index in [4.69, 9.17) is 5.73 Å². The van der Waals surface area contributed by atoms with E-state index in [1.165, 1.54) is 6.33 Å². The molecule has 1 amide bonds. The summed E-state index contributed by atoms with van der Waals surface area (Å²) in [5, 5.41) is 2.79. The predicted molar refractivity (Wildman–Crippen MR) is 74.0 cm³/mol. The number of amides is 1. The Morgan fingerprint density at radius 2 is 2.11 bits per heavy atom. The van der Waals surface area contributed by atoms with Crippen molar-refractivity contribution in [1.29, 1.82) is 0 Å². The quantitative estimate of drug-likeness (QED) is 0.870. The van der Waals surface area contributed by atoms with Crippen molar-refractivity contribution in [1.82, 2.24) is 15.3 Å². The third-order valence-electron chi connectivity index (χ3n) is 2.24. The molecule has 0 saturated carbocycles. The Balaban J connectivity index is 0.00000289. The first kappa shape index (κ1) is 16.8. The molecule has 0 bridgehead atoms. The van der Waals surface area contributed by atoms with E-state index in [9.17, 15) is 4.79 Å². The number of nitrogens with one attached hydrogen (secondary N) is 1. The lowest BCUT2D eigenvalue weighted by Gasteiger charge is -2.19. The average molecular weight is 273 g/mol. The van der Waals surface area contributed by atoms with E-state index in [2.05, 4.69) is 15.3 Å². The van der Waals surface area contributed by atoms with Gasteiger partial charge in [0.05, 0.1) is 11.3 Å². The Labute approximate surface area is 114 Å². The van der Waals surface area contributed by atoms with E-state index in [1.807, 2.05) is 27.7 Å². The van der Waals surface area contributed by atoms with Gasteiger partial charge in [0.1, 0.15) is 6.33 Å². The minimum absolute atomic E-state index is 0. The molecule has 3 N–H and O–H groups in total. The van der Waals surface area contributed by atoms with Crippen molar-refractivity contribution in [3.05, 3.63) is 23.8 Å². The van der Waals surface area contributed by atoms with Gasteiger partial charge in [-0.25, -0.2) is 9.97 Å². The topological polar surface area (TPSA) is 80.9 Å². The van der Waals surface area contributed by atoms with Crippen LogP contribution in [0.3, 0.4) is 0 Å². The zero-order chi connectivity index (χ0) is 13.1. The summed E-state index contributed by atoms with van der Waals surface area (Å²) in [7, 11) is 0. The van der Waals surface area contributed by atoms with Gasteiger partial charge < -0.3 is 11.1 Å². The molecule has 0 saturated heterocycles. The van der Waals surface area contributed by atoms with Gasteiger partial charge in [-0.2, -0.15) is 0 Å². The molecule has 18 heavy (non-hydrogen) atoms. The number of halogens is 1. The summed E-state index contributed by atoms with van der Waals surface area (Å²) in [5.41, 5.74) is 6.66. The maximum atomic E-state index is 12.0. The maximum Gasteiger partial charge on any atom is 0.254 e. The summed E-state index contributed by atoms with van der Waals surface area (Å²) in [6.07, 6.45) is 3.00. The lowest BCUT2D eigenvalue weighted by Crippen LogP contribution is -2.45. The van der Waals surface area contributed by atoms with Crippen LogP contribution < -0.4 is 11.1 Å². The van der Waals surface area contributed by atoms with Gasteiger partial charge in [-0.3, -0.25) is 4.79 Å². The number of nitrogens with zero attached hydrogens (tertiary/aromatic N) is 2. The van der Waals surface area contributed by atoms with Crippen molar-refractivity contribution in [3.63, 3.8) is 0 Å². The molecule has 0 radical (unpaired) electrons. The monoisotopic (exact) mass is 272 g/mol. The average Bonchev–Trinajstić information content (AvgIpc) is 2.25. The first-order valence-corrected chi connectivity index (χ1v) is 5.68. The van der Waals surface area contributed by atoms with Crippen molar-refractivity contribution in [2.24, 2.45) is 5.73 Å². The number of hydrogen-bond acceptors (Lipinski definition) is 4. The van der Waals surface area contributed by atoms with Gasteiger partial charge in [-0.05, 0) is 19.8 Å². The number of carbonyl (C=O) groups is 1. The van der Waals surface area contributed by atoms with Gasteiger partial charge in [-0.1, -0.05) is 13.8 Å². The lowest BCUT2D eigenvalue weighted by molar-refractivity contribution is 0.0944. The van der Waals surface area contributed by atoms with Gasteiger partial charge in [0.25, 0.3) is 5.91 Å². The Morgan fingerprint density at radius 3 is 2.61 bits per heavy atom. The van der Waals surface area contributed by atoms with Crippen molar-refractivity contribution in [2.75, 3.05) is 6.54 Å². The fraction of sp³-hybridized carbons (Fsp3) is 0.583. The van der Waals surface area contributed by atoms with Crippen molar-refractivity contribution in [2.45, 2.75) is 39.2 Å². The molecule has 6 heteroatoms. The van der Waals surface area contributed by atoms with Crippen LogP contribution in [0, 0.1) is 0 Å². The summed E-state index contributed by atoms with van der Waals surface area (Å²) < 4.78 is 0. The van der Waals surface area contributed by atoms with E-state index >= 15 is 0 Å². The Kier molecular flexibility index (Phi) is 6.21. The van der Waals surface area contributed by atoms with Gasteiger partial charge in [0.2, 0.25) is 0 Å². The second-order valence-electron chi connectivity index (χ2n) is 5.15. The van der Waals surface area contributed by atoms with Crippen molar-refractivity contribution < 1.29 is 4.79 Å². The lowest BCUT2D eigenvalue weighted by atomic mass is 10.0. The molecule has 0 spiro atoms. The van der Waals surface area contributed by atoms with Crippen LogP contribution >= 0.6 is 12.4 Å². The molecule has 0 aliphatic carbocycles. The van der Waals surface area contributed by atoms with Crippen LogP contribution in [0.5, 0.6) is 0 Å². The summed E-state index contributed by atoms with van der Waals surface area (Å²) in [6, 6.07) is 0. The molecule has 0 atom stereocenters. The fourth-order valence-corrected chi connectivity index (χ4v) is 1.38. The molecule has 0 aliphatic rings. The minimum Gasteiger partial charge on any atom is -0.350 e. The minimum atomic E-state index is -0.427. The smallest absolute Gasteiger partial charge is 0.254 e. The SMILES string of the molecule is CC(C)c1ncncc1C(=O)NCC(C)(C)N.Cl. The number of hydrogen-bond donors (Lipinski definition) is 2. The van der Waals surface area contributed by atoms with E-state index < -0.39 is 5.54 Å². The van der Waals surface area contributed by atoms with Gasteiger partial charge >= 0.3 is 0 Å². The molecule has 1 aromatic heterocycles. The highest BCUT2D eigenvalue weighted by atomic mass is 35.5. The summed E-state index contributed by atoms with van der Waals surface area (Å²) in [5.74, 6) is 0.0115. The number of nitrogens with two attached hydrogens (primary N) is 1. The zero-order valence-corrected chi connectivity index (χ0v) is 12.0. The summed E-state index contributed by atoms with van der Waals surface area (Å²) in [6.45, 7) is 8.12. The molecular weight excluding hydrogens is 252 g/mol. The van der Waals surface area contributed by atoms with Crippen LogP contribution in [0.1, 0.15) is 49.7 Å². The third kappa shape index (κ3) is 4.98. The normalized spacial score (nSPS) is 11.0. The summed E-state index contributed by atoms with van der Waals surface area (Å²) >= 11 is 0. The Morgan fingerprint density at radius 1 is 1.50 bits per heavy atom. The van der Waals surface area contributed by atoms with E-state index in [-0.39, 0.29) is 24.2 Å². The van der Waals surface area contributed by atoms with Gasteiger partial charge in [-0.15, -0.1) is 12.4 Å². The van der Waals surface area contributed by atoms with Crippen LogP contribution in [0.25, 0.3) is 0 Å². The van der Waals surface area contributed by atoms with Crippen LogP contribution in [-0.4, -0.2) is 28.0 Å². The van der Waals surface area contributed by atoms with Crippen LogP contribution in [0.4, 0.5) is 0 Å². The predicted octanol–water partition coefficient (Wildman–Crippen LogP) is 1.49. The highest BCUT2D eigenvalue weighted by molar-refractivity contribution is 5.95. The van der Waals surface area contributed by atoms with Gasteiger partial charge in [0, 0.05) is 18.3 Å². The van der Waals surface area contributed by atoms with Crippen molar-refractivity contribution in [3.8, 4) is 0 Å². The molecule has 1 rings (SSSR count). The maximum absolute atomic E-state index is 12.0. The van der Waals surface area contributed by atoms with Crippen molar-refractivity contribution >= 4 is 18.3 Å². The molecular formula is C12H21ClN4O. The molecule has 0 aliphatic heterocycles. The number of aromatic nitrogens is 2. The number of carbonyl (C=O) groups excluding carboxylic acids is 1. The summed E-state index contributed by atoms with van der Waals surface area (Å²) in [4.78, 5) is 20.0. The third-order valence-corrected chi connectivity index (χ3v) is 2.24. The highest BCUT2D eigenvalue weighted by Crippen LogP contribution is 2.15. The Hall–Kier alpha value is -1.20. The Bertz CT molecular complexity index is 401. The van der Waals surface area contributed by atoms with E-state index in [1.54, 1.807) is 6.20 Å². The standard InChI is InChI=1S/C12H20N4O.ClH/c1-8(2)10-9(5-14-7-16-10)11(17)15-6-12(3,4)13;/h5,7-8H,6,13H2,1-4H3,(H,15,17);1H. The van der Waals surface area contributed by atoms with E-state index in [0.29, 0.717) is 12.1 Å². The molecule has 5 nitrogen and oxygen atoms in total. The largest absolute Gasteiger partial charge is 0.350 e. The first-order valence-electron chi connectivity index (χ1n) is 5.68. The molecule has 102 valence electrons. The van der Waals surface area contributed by atoms with Gasteiger partial charge in [0.15, 0.2) is 0 Å². The fourth-order valence-electron chi connectivity index (χ4n) is 1.38. The highest BCUT2D eigenvalue weighted by Gasteiger charge is 2.17. The zero-order valence-electron chi connectivity index (χ0n) is 11.2. The first-order chi connectivity index (χ1) is 7.81. The molecule has 0 unspecified atom stereocenters. The van der Waals surface area contributed by atoms with E-state index in [0.717, 1.165) is 5.69 Å². The molecule has 0 aromatic carbocycles. The second kappa shape index (κ2) is 6.66. The second-order valence-corrected chi connectivity index (χ2v) is 5.15. The molecule has 1 aromatic rings. The number of rotatable bonds is 4.